The number of thioether (sulfide) groups is 1. The highest BCUT2D eigenvalue weighted by Gasteiger charge is 2.32. The van der Waals surface area contributed by atoms with E-state index < -0.39 is 23.6 Å². The maximum atomic E-state index is 13.0. The molecular weight excluding hydrogens is 463 g/mol. The van der Waals surface area contributed by atoms with Gasteiger partial charge in [-0.1, -0.05) is 23.4 Å². The molecule has 3 N–H and O–H groups in total. The van der Waals surface area contributed by atoms with Crippen LogP contribution in [0.2, 0.25) is 5.02 Å². The largest absolute Gasteiger partial charge is 0.417 e. The first-order valence-corrected chi connectivity index (χ1v) is 10.8. The van der Waals surface area contributed by atoms with Crippen molar-refractivity contribution in [1.29, 1.82) is 0 Å². The number of carbonyl (C=O) groups excluding carboxylic acids is 2. The van der Waals surface area contributed by atoms with Gasteiger partial charge in [0, 0.05) is 11.1 Å². The standard InChI is InChI=1S/C17H13ClF3N5O2S2/c18-9-4-7(17(19,20)21)5-26-14(9)24-25-16(26)29-6-11(27)23-15-12(13(22)28)8-2-1-3-10(8)30-15/h4-5H,1-3,6H2,(H2,22,28)(H,23,27). The summed E-state index contributed by atoms with van der Waals surface area (Å²) < 4.78 is 40.2. The minimum absolute atomic E-state index is 0.0540. The number of pyridine rings is 1. The van der Waals surface area contributed by atoms with E-state index in [9.17, 15) is 22.8 Å². The summed E-state index contributed by atoms with van der Waals surface area (Å²) in [5.74, 6) is -1.21. The first-order valence-electron chi connectivity index (χ1n) is 8.63. The Morgan fingerprint density at radius 3 is 2.80 bits per heavy atom. The lowest BCUT2D eigenvalue weighted by molar-refractivity contribution is -0.137. The molecular formula is C17H13ClF3N5O2S2. The fraction of sp³-hybridized carbons (Fsp3) is 0.294. The third kappa shape index (κ3) is 3.86. The van der Waals surface area contributed by atoms with Gasteiger partial charge in [-0.25, -0.2) is 0 Å². The third-order valence-electron chi connectivity index (χ3n) is 4.51. The molecule has 0 fully saturated rings. The van der Waals surface area contributed by atoms with Crippen molar-refractivity contribution in [1.82, 2.24) is 14.6 Å². The van der Waals surface area contributed by atoms with Gasteiger partial charge < -0.3 is 11.1 Å². The van der Waals surface area contributed by atoms with Crippen LogP contribution >= 0.6 is 34.7 Å². The molecule has 0 bridgehead atoms. The molecule has 3 aromatic rings. The summed E-state index contributed by atoms with van der Waals surface area (Å²) in [6.45, 7) is 0. The number of nitrogens with two attached hydrogens (primary N) is 1. The second kappa shape index (κ2) is 7.75. The van der Waals surface area contributed by atoms with E-state index in [1.54, 1.807) is 0 Å². The number of halogens is 4. The van der Waals surface area contributed by atoms with Crippen LogP contribution in [0.5, 0.6) is 0 Å². The number of fused-ring (bicyclic) bond motifs is 2. The fourth-order valence-electron chi connectivity index (χ4n) is 3.23. The highest BCUT2D eigenvalue weighted by atomic mass is 35.5. The van der Waals surface area contributed by atoms with Crippen LogP contribution in [0, 0.1) is 0 Å². The van der Waals surface area contributed by atoms with Crippen LogP contribution in [0.4, 0.5) is 18.2 Å². The fourth-order valence-corrected chi connectivity index (χ4v) is 5.50. The molecule has 3 aromatic heterocycles. The molecule has 0 unspecified atom stereocenters. The number of aromatic nitrogens is 3. The van der Waals surface area contributed by atoms with Gasteiger partial charge in [-0.2, -0.15) is 13.2 Å². The van der Waals surface area contributed by atoms with Crippen LogP contribution in [-0.4, -0.2) is 32.2 Å². The van der Waals surface area contributed by atoms with Gasteiger partial charge in [0.1, 0.15) is 5.00 Å². The highest BCUT2D eigenvalue weighted by Crippen LogP contribution is 2.39. The Bertz CT molecular complexity index is 1170. The topological polar surface area (TPSA) is 102 Å². The van der Waals surface area contributed by atoms with E-state index >= 15 is 0 Å². The summed E-state index contributed by atoms with van der Waals surface area (Å²) in [7, 11) is 0. The van der Waals surface area contributed by atoms with Crippen molar-refractivity contribution in [2.75, 3.05) is 11.1 Å². The average Bonchev–Trinajstić information content (AvgIpc) is 3.33. The summed E-state index contributed by atoms with van der Waals surface area (Å²) in [5.41, 5.74) is 5.79. The lowest BCUT2D eigenvalue weighted by atomic mass is 10.1. The number of carbonyl (C=O) groups is 2. The van der Waals surface area contributed by atoms with Crippen molar-refractivity contribution in [3.05, 3.63) is 38.9 Å². The number of hydrogen-bond acceptors (Lipinski definition) is 6. The van der Waals surface area contributed by atoms with E-state index in [0.29, 0.717) is 10.6 Å². The van der Waals surface area contributed by atoms with Gasteiger partial charge in [0.2, 0.25) is 5.91 Å². The Labute approximate surface area is 180 Å². The molecule has 0 spiro atoms. The Morgan fingerprint density at radius 1 is 1.33 bits per heavy atom. The predicted molar refractivity (Wildman–Crippen MR) is 107 cm³/mol. The van der Waals surface area contributed by atoms with E-state index in [1.807, 2.05) is 0 Å². The molecule has 0 saturated heterocycles. The first-order chi connectivity index (χ1) is 14.1. The number of nitrogens with zero attached hydrogens (tertiary/aromatic N) is 3. The van der Waals surface area contributed by atoms with Crippen LogP contribution in [0.25, 0.3) is 5.65 Å². The van der Waals surface area contributed by atoms with Crippen molar-refractivity contribution in [2.24, 2.45) is 5.73 Å². The van der Waals surface area contributed by atoms with Crippen molar-refractivity contribution in [3.63, 3.8) is 0 Å². The molecule has 7 nitrogen and oxygen atoms in total. The van der Waals surface area contributed by atoms with Gasteiger partial charge in [-0.05, 0) is 30.9 Å². The van der Waals surface area contributed by atoms with E-state index in [2.05, 4.69) is 15.5 Å². The number of rotatable bonds is 5. The van der Waals surface area contributed by atoms with E-state index in [-0.39, 0.29) is 21.6 Å². The average molecular weight is 476 g/mol. The van der Waals surface area contributed by atoms with Crippen LogP contribution in [0.15, 0.2) is 17.4 Å². The lowest BCUT2D eigenvalue weighted by Gasteiger charge is -2.09. The smallest absolute Gasteiger partial charge is 0.365 e. The van der Waals surface area contributed by atoms with Crippen molar-refractivity contribution in [2.45, 2.75) is 30.6 Å². The quantitative estimate of drug-likeness (QED) is 0.547. The summed E-state index contributed by atoms with van der Waals surface area (Å²) >= 11 is 8.10. The second-order valence-corrected chi connectivity index (χ2v) is 8.97. The summed E-state index contributed by atoms with van der Waals surface area (Å²) in [5, 5.41) is 10.5. The van der Waals surface area contributed by atoms with Gasteiger partial charge in [-0.15, -0.1) is 21.5 Å². The normalized spacial score (nSPS) is 13.6. The van der Waals surface area contributed by atoms with E-state index in [1.165, 1.54) is 11.3 Å². The van der Waals surface area contributed by atoms with E-state index in [4.69, 9.17) is 17.3 Å². The minimum atomic E-state index is -4.59. The molecule has 4 rings (SSSR count). The number of alkyl halides is 3. The molecule has 0 radical (unpaired) electrons. The summed E-state index contributed by atoms with van der Waals surface area (Å²) in [6.07, 6.45) is -1.25. The molecule has 3 heterocycles. The molecule has 30 heavy (non-hydrogen) atoms. The van der Waals surface area contributed by atoms with Crippen LogP contribution < -0.4 is 11.1 Å². The molecule has 13 heteroatoms. The number of anilines is 1. The number of hydrogen-bond donors (Lipinski definition) is 2. The Morgan fingerprint density at radius 2 is 2.10 bits per heavy atom. The van der Waals surface area contributed by atoms with Crippen LogP contribution in [0.3, 0.4) is 0 Å². The Hall–Kier alpha value is -2.31. The molecule has 1 aliphatic rings. The number of amides is 2. The van der Waals surface area contributed by atoms with Crippen LogP contribution in [0.1, 0.15) is 32.8 Å². The monoisotopic (exact) mass is 475 g/mol. The molecule has 0 aromatic carbocycles. The number of primary amides is 1. The summed E-state index contributed by atoms with van der Waals surface area (Å²) in [6, 6.07) is 0.772. The Balaban J connectivity index is 1.52. The lowest BCUT2D eigenvalue weighted by Crippen LogP contribution is -2.19. The van der Waals surface area contributed by atoms with E-state index in [0.717, 1.165) is 58.1 Å². The van der Waals surface area contributed by atoms with Gasteiger partial charge in [0.15, 0.2) is 10.8 Å². The third-order valence-corrected chi connectivity index (χ3v) is 6.94. The van der Waals surface area contributed by atoms with Gasteiger partial charge in [0.05, 0.1) is 21.9 Å². The maximum Gasteiger partial charge on any atom is 0.417 e. The molecule has 0 saturated carbocycles. The zero-order valence-corrected chi connectivity index (χ0v) is 17.4. The zero-order valence-electron chi connectivity index (χ0n) is 15.0. The maximum absolute atomic E-state index is 13.0. The molecule has 0 aliphatic heterocycles. The highest BCUT2D eigenvalue weighted by molar-refractivity contribution is 7.99. The Kier molecular flexibility index (Phi) is 5.41. The van der Waals surface area contributed by atoms with Crippen molar-refractivity contribution >= 4 is 57.2 Å². The van der Waals surface area contributed by atoms with Gasteiger partial charge >= 0.3 is 6.18 Å². The number of nitrogens with one attached hydrogen (secondary N) is 1. The summed E-state index contributed by atoms with van der Waals surface area (Å²) in [4.78, 5) is 25.2. The first kappa shape index (κ1) is 20.9. The van der Waals surface area contributed by atoms with Crippen molar-refractivity contribution in [3.8, 4) is 0 Å². The molecule has 0 atom stereocenters. The molecule has 158 valence electrons. The molecule has 2 amide bonds. The SMILES string of the molecule is NC(=O)c1c(NC(=O)CSc2nnc3c(Cl)cc(C(F)(F)F)cn23)sc2c1CCC2. The zero-order chi connectivity index (χ0) is 21.6. The second-order valence-electron chi connectivity index (χ2n) is 6.51. The minimum Gasteiger partial charge on any atom is -0.365 e. The van der Waals surface area contributed by atoms with Gasteiger partial charge in [0.25, 0.3) is 5.91 Å². The number of aryl methyl sites for hydroxylation is 1. The predicted octanol–water partition coefficient (Wildman–Crippen LogP) is 3.78. The molecule has 1 aliphatic carbocycles. The van der Waals surface area contributed by atoms with Gasteiger partial charge in [-0.3, -0.25) is 14.0 Å². The number of thiophene rings is 1. The van der Waals surface area contributed by atoms with Crippen LogP contribution in [-0.2, 0) is 23.8 Å². The van der Waals surface area contributed by atoms with Crippen molar-refractivity contribution < 1.29 is 22.8 Å².